The molecule has 1 unspecified atom stereocenters. The quantitative estimate of drug-likeness (QED) is 0.726. The Labute approximate surface area is 103 Å². The minimum atomic E-state index is -0.489. The van der Waals surface area contributed by atoms with Crippen molar-refractivity contribution in [2.45, 2.75) is 12.0 Å². The fourth-order valence-corrected chi connectivity index (χ4v) is 2.04. The summed E-state index contributed by atoms with van der Waals surface area (Å²) in [7, 11) is 0. The van der Waals surface area contributed by atoms with Crippen LogP contribution < -0.4 is 5.32 Å². The van der Waals surface area contributed by atoms with Crippen molar-refractivity contribution in [3.05, 3.63) is 0 Å². The summed E-state index contributed by atoms with van der Waals surface area (Å²) in [5, 5.41) is 13.3. The van der Waals surface area contributed by atoms with E-state index >= 15 is 0 Å². The van der Waals surface area contributed by atoms with Crippen molar-refractivity contribution in [1.29, 1.82) is 0 Å². The van der Waals surface area contributed by atoms with Crippen LogP contribution in [-0.2, 0) is 4.74 Å². The Morgan fingerprint density at radius 2 is 1.93 bits per heavy atom. The van der Waals surface area contributed by atoms with Gasteiger partial charge in [0.2, 0.25) is 0 Å². The number of hydrogen-bond donors (Lipinski definition) is 2. The fraction of sp³-hybridized carbons (Fsp3) is 1.00. The Kier molecular flexibility index (Phi) is 7.08. The van der Waals surface area contributed by atoms with Crippen LogP contribution in [0.15, 0.2) is 0 Å². The second-order valence-corrected chi connectivity index (χ2v) is 4.04. The highest BCUT2D eigenvalue weighted by Gasteiger charge is 2.33. The summed E-state index contributed by atoms with van der Waals surface area (Å²) in [5.41, 5.74) is -0.489. The lowest BCUT2D eigenvalue weighted by Gasteiger charge is -2.33. The van der Waals surface area contributed by atoms with Crippen molar-refractivity contribution in [3.8, 4) is 0 Å². The molecule has 0 aromatic rings. The van der Waals surface area contributed by atoms with Crippen LogP contribution in [0.2, 0.25) is 0 Å². The molecular weight excluding hydrogens is 239 g/mol. The molecule has 0 amide bonds. The van der Waals surface area contributed by atoms with Gasteiger partial charge in [0.1, 0.15) is 0 Å². The van der Waals surface area contributed by atoms with E-state index in [1.54, 1.807) is 0 Å². The van der Waals surface area contributed by atoms with E-state index in [9.17, 15) is 5.11 Å². The predicted molar refractivity (Wildman–Crippen MR) is 64.2 cm³/mol. The van der Waals surface area contributed by atoms with Gasteiger partial charge in [0, 0.05) is 26.2 Å². The van der Waals surface area contributed by atoms with Crippen LogP contribution in [0.5, 0.6) is 0 Å². The highest BCUT2D eigenvalue weighted by molar-refractivity contribution is 5.85. The highest BCUT2D eigenvalue weighted by Crippen LogP contribution is 2.16. The molecule has 6 heteroatoms. The van der Waals surface area contributed by atoms with Gasteiger partial charge < -0.3 is 15.2 Å². The van der Waals surface area contributed by atoms with Gasteiger partial charge in [-0.1, -0.05) is 0 Å². The molecule has 0 bridgehead atoms. The minimum absolute atomic E-state index is 0. The van der Waals surface area contributed by atoms with Crippen LogP contribution >= 0.6 is 24.8 Å². The van der Waals surface area contributed by atoms with Crippen LogP contribution in [0.1, 0.15) is 6.42 Å². The number of ether oxygens (including phenoxy) is 1. The number of β-amino-alcohol motifs (C(OH)–C–C–N with tert-alkyl or cyclic N) is 1. The van der Waals surface area contributed by atoms with E-state index in [1.165, 1.54) is 0 Å². The molecule has 0 aliphatic carbocycles. The summed E-state index contributed by atoms with van der Waals surface area (Å²) in [6.07, 6.45) is 0.879. The smallest absolute Gasteiger partial charge is 0.0909 e. The summed E-state index contributed by atoms with van der Waals surface area (Å²) < 4.78 is 5.26. The number of nitrogens with zero attached hydrogens (tertiary/aromatic N) is 1. The standard InChI is InChI=1S/C9H18N2O2.2ClH/c12-9(1-2-10-7-9)8-11-3-5-13-6-4-11;;/h10,12H,1-8H2;2*1H. The van der Waals surface area contributed by atoms with Crippen LogP contribution in [0, 0.1) is 0 Å². The maximum atomic E-state index is 10.1. The number of rotatable bonds is 2. The summed E-state index contributed by atoms with van der Waals surface area (Å²) >= 11 is 0. The van der Waals surface area contributed by atoms with Gasteiger partial charge in [0.25, 0.3) is 0 Å². The van der Waals surface area contributed by atoms with Crippen molar-refractivity contribution in [3.63, 3.8) is 0 Å². The van der Waals surface area contributed by atoms with Crippen LogP contribution in [-0.4, -0.2) is 61.5 Å². The molecule has 0 radical (unpaired) electrons. The first-order chi connectivity index (χ1) is 6.29. The second-order valence-electron chi connectivity index (χ2n) is 4.04. The van der Waals surface area contributed by atoms with E-state index in [-0.39, 0.29) is 24.8 Å². The third kappa shape index (κ3) is 4.43. The lowest BCUT2D eigenvalue weighted by molar-refractivity contribution is -0.0217. The molecule has 4 nitrogen and oxygen atoms in total. The average Bonchev–Trinajstić information content (AvgIpc) is 2.54. The second kappa shape index (κ2) is 6.89. The summed E-state index contributed by atoms with van der Waals surface area (Å²) in [6, 6.07) is 0. The van der Waals surface area contributed by atoms with E-state index in [0.717, 1.165) is 52.4 Å². The van der Waals surface area contributed by atoms with Crippen LogP contribution in [0.4, 0.5) is 0 Å². The van der Waals surface area contributed by atoms with Crippen molar-refractivity contribution >= 4 is 24.8 Å². The molecule has 0 aromatic heterocycles. The Hall–Kier alpha value is 0.420. The molecule has 2 aliphatic rings. The highest BCUT2D eigenvalue weighted by atomic mass is 35.5. The molecule has 15 heavy (non-hydrogen) atoms. The molecule has 2 heterocycles. The Morgan fingerprint density at radius 1 is 1.27 bits per heavy atom. The van der Waals surface area contributed by atoms with Gasteiger partial charge in [0.15, 0.2) is 0 Å². The summed E-state index contributed by atoms with van der Waals surface area (Å²) in [6.45, 7) is 6.02. The van der Waals surface area contributed by atoms with Gasteiger partial charge in [-0.25, -0.2) is 0 Å². The molecule has 0 saturated carbocycles. The molecular formula is C9H20Cl2N2O2. The third-order valence-corrected chi connectivity index (χ3v) is 2.84. The first-order valence-electron chi connectivity index (χ1n) is 5.02. The van der Waals surface area contributed by atoms with E-state index < -0.39 is 5.60 Å². The number of hydrogen-bond acceptors (Lipinski definition) is 4. The first-order valence-corrected chi connectivity index (χ1v) is 5.02. The third-order valence-electron chi connectivity index (χ3n) is 2.84. The van der Waals surface area contributed by atoms with E-state index in [1.807, 2.05) is 0 Å². The molecule has 2 N–H and O–H groups in total. The average molecular weight is 259 g/mol. The number of aliphatic hydroxyl groups is 1. The largest absolute Gasteiger partial charge is 0.387 e. The van der Waals surface area contributed by atoms with Gasteiger partial charge in [-0.2, -0.15) is 0 Å². The zero-order valence-electron chi connectivity index (χ0n) is 8.78. The van der Waals surface area contributed by atoms with E-state index in [2.05, 4.69) is 10.2 Å². The van der Waals surface area contributed by atoms with E-state index in [0.29, 0.717) is 0 Å². The number of nitrogens with one attached hydrogen (secondary N) is 1. The van der Waals surface area contributed by atoms with Crippen molar-refractivity contribution in [1.82, 2.24) is 10.2 Å². The van der Waals surface area contributed by atoms with Gasteiger partial charge in [-0.15, -0.1) is 24.8 Å². The van der Waals surface area contributed by atoms with Crippen molar-refractivity contribution in [2.24, 2.45) is 0 Å². The molecule has 92 valence electrons. The molecule has 0 spiro atoms. The molecule has 2 rings (SSSR count). The van der Waals surface area contributed by atoms with Gasteiger partial charge in [-0.05, 0) is 13.0 Å². The number of morpholine rings is 1. The normalized spacial score (nSPS) is 31.8. The lowest BCUT2D eigenvalue weighted by Crippen LogP contribution is -2.48. The van der Waals surface area contributed by atoms with Crippen molar-refractivity contribution < 1.29 is 9.84 Å². The van der Waals surface area contributed by atoms with Crippen molar-refractivity contribution in [2.75, 3.05) is 45.9 Å². The maximum absolute atomic E-state index is 10.1. The number of halogens is 2. The Balaban J connectivity index is 0.000000980. The van der Waals surface area contributed by atoms with Gasteiger partial charge in [-0.3, -0.25) is 4.90 Å². The predicted octanol–water partition coefficient (Wildman–Crippen LogP) is -0.113. The molecule has 1 atom stereocenters. The molecule has 2 saturated heterocycles. The molecule has 2 aliphatic heterocycles. The lowest BCUT2D eigenvalue weighted by atomic mass is 10.0. The van der Waals surface area contributed by atoms with Gasteiger partial charge in [0.05, 0.1) is 18.8 Å². The Bertz CT molecular complexity index is 171. The summed E-state index contributed by atoms with van der Waals surface area (Å²) in [4.78, 5) is 2.29. The van der Waals surface area contributed by atoms with Gasteiger partial charge >= 0.3 is 0 Å². The van der Waals surface area contributed by atoms with Crippen LogP contribution in [0.3, 0.4) is 0 Å². The molecule has 0 aromatic carbocycles. The SMILES string of the molecule is Cl.Cl.OC1(CN2CCOCC2)CCNC1. The minimum Gasteiger partial charge on any atom is -0.387 e. The molecule has 2 fully saturated rings. The first kappa shape index (κ1) is 15.4. The fourth-order valence-electron chi connectivity index (χ4n) is 2.04. The zero-order valence-corrected chi connectivity index (χ0v) is 10.4. The Morgan fingerprint density at radius 3 is 2.47 bits per heavy atom. The van der Waals surface area contributed by atoms with E-state index in [4.69, 9.17) is 4.74 Å². The summed E-state index contributed by atoms with van der Waals surface area (Å²) in [5.74, 6) is 0. The van der Waals surface area contributed by atoms with Crippen LogP contribution in [0.25, 0.3) is 0 Å². The zero-order chi connectivity index (χ0) is 9.15. The topological polar surface area (TPSA) is 44.7 Å². The maximum Gasteiger partial charge on any atom is 0.0909 e. The monoisotopic (exact) mass is 258 g/mol.